The number of rotatable bonds is 5. The van der Waals surface area contributed by atoms with Crippen molar-refractivity contribution >= 4 is 16.8 Å². The monoisotopic (exact) mass is 371 g/mol. The minimum absolute atomic E-state index is 0.305. The number of aryl methyl sites for hydroxylation is 1. The number of ketones is 1. The molecular formula is C23H21N3O2. The van der Waals surface area contributed by atoms with E-state index in [1.165, 1.54) is 13.1 Å². The summed E-state index contributed by atoms with van der Waals surface area (Å²) in [7, 11) is 0. The lowest BCUT2D eigenvalue weighted by atomic mass is 9.94. The normalized spacial score (nSPS) is 12.2. The summed E-state index contributed by atoms with van der Waals surface area (Å²) in [5.74, 6) is -0.305. The smallest absolute Gasteiger partial charge is 0.162 e. The van der Waals surface area contributed by atoms with Gasteiger partial charge in [-0.2, -0.15) is 0 Å². The first-order chi connectivity index (χ1) is 13.6. The van der Waals surface area contributed by atoms with Gasteiger partial charge in [-0.05, 0) is 30.5 Å². The van der Waals surface area contributed by atoms with E-state index in [1.54, 1.807) is 6.20 Å². The van der Waals surface area contributed by atoms with Gasteiger partial charge >= 0.3 is 0 Å². The first kappa shape index (κ1) is 18.1. The van der Waals surface area contributed by atoms with Crippen LogP contribution in [0.2, 0.25) is 0 Å². The van der Waals surface area contributed by atoms with Gasteiger partial charge in [-0.1, -0.05) is 37.3 Å². The summed E-state index contributed by atoms with van der Waals surface area (Å²) in [5, 5.41) is 11.2. The van der Waals surface area contributed by atoms with Crippen molar-refractivity contribution in [2.45, 2.75) is 26.4 Å². The van der Waals surface area contributed by atoms with E-state index >= 15 is 0 Å². The van der Waals surface area contributed by atoms with Crippen LogP contribution in [0.4, 0.5) is 0 Å². The molecule has 0 amide bonds. The molecule has 0 fully saturated rings. The largest absolute Gasteiger partial charge is 0.381 e. The second kappa shape index (κ2) is 7.37. The standard InChI is InChI=1S/C23H21N3O2/c1-3-18-19(16-9-17(11-24-10-16)22(28)14(2)27)12-25-23-21(18)20(13-26-23)15-7-5-4-6-8-15/h4-13,22,28H,3H2,1-2H3,(H,25,26). The zero-order chi connectivity index (χ0) is 19.7. The predicted molar refractivity (Wildman–Crippen MR) is 110 cm³/mol. The zero-order valence-electron chi connectivity index (χ0n) is 15.8. The minimum Gasteiger partial charge on any atom is -0.381 e. The van der Waals surface area contributed by atoms with E-state index < -0.39 is 6.10 Å². The second-order valence-electron chi connectivity index (χ2n) is 6.82. The Kier molecular flexibility index (Phi) is 4.75. The van der Waals surface area contributed by atoms with Gasteiger partial charge in [0.15, 0.2) is 5.78 Å². The van der Waals surface area contributed by atoms with E-state index in [-0.39, 0.29) is 5.78 Å². The van der Waals surface area contributed by atoms with Gasteiger partial charge in [0.05, 0.1) is 0 Å². The molecule has 5 nitrogen and oxygen atoms in total. The molecule has 1 atom stereocenters. The van der Waals surface area contributed by atoms with Crippen LogP contribution in [0.15, 0.2) is 61.2 Å². The third-order valence-electron chi connectivity index (χ3n) is 5.02. The SMILES string of the molecule is CCc1c(-c2cncc(C(O)C(C)=O)c2)cnc2[nH]cc(-c3ccccc3)c12. The number of hydrogen-bond acceptors (Lipinski definition) is 4. The highest BCUT2D eigenvalue weighted by Crippen LogP contribution is 2.36. The van der Waals surface area contributed by atoms with Gasteiger partial charge in [-0.15, -0.1) is 0 Å². The number of benzene rings is 1. The number of pyridine rings is 2. The van der Waals surface area contributed by atoms with E-state index in [0.717, 1.165) is 45.3 Å². The number of aromatic nitrogens is 3. The Morgan fingerprint density at radius 3 is 2.61 bits per heavy atom. The second-order valence-corrected chi connectivity index (χ2v) is 6.82. The summed E-state index contributed by atoms with van der Waals surface area (Å²) in [4.78, 5) is 23.7. The summed E-state index contributed by atoms with van der Waals surface area (Å²) >= 11 is 0. The number of hydrogen-bond donors (Lipinski definition) is 2. The topological polar surface area (TPSA) is 78.9 Å². The summed E-state index contributed by atoms with van der Waals surface area (Å²) in [6.45, 7) is 3.48. The van der Waals surface area contributed by atoms with Gasteiger partial charge in [0.1, 0.15) is 11.8 Å². The number of carbonyl (C=O) groups is 1. The fraction of sp³-hybridized carbons (Fsp3) is 0.174. The Labute approximate surface area is 163 Å². The third-order valence-corrected chi connectivity index (χ3v) is 5.02. The molecule has 1 aromatic carbocycles. The Morgan fingerprint density at radius 2 is 1.89 bits per heavy atom. The lowest BCUT2D eigenvalue weighted by molar-refractivity contribution is -0.125. The zero-order valence-corrected chi connectivity index (χ0v) is 15.8. The van der Waals surface area contributed by atoms with Crippen LogP contribution in [0.3, 0.4) is 0 Å². The van der Waals surface area contributed by atoms with Crippen LogP contribution in [0.5, 0.6) is 0 Å². The first-order valence-electron chi connectivity index (χ1n) is 9.28. The van der Waals surface area contributed by atoms with Gasteiger partial charge in [0.2, 0.25) is 0 Å². The molecule has 4 aromatic rings. The number of nitrogens with zero attached hydrogens (tertiary/aromatic N) is 2. The van der Waals surface area contributed by atoms with Crippen LogP contribution in [0.1, 0.15) is 31.1 Å². The van der Waals surface area contributed by atoms with Crippen molar-refractivity contribution in [1.82, 2.24) is 15.0 Å². The molecule has 0 aliphatic carbocycles. The number of aliphatic hydroxyl groups is 1. The molecular weight excluding hydrogens is 350 g/mol. The Hall–Kier alpha value is -3.31. The van der Waals surface area contributed by atoms with Gasteiger partial charge in [-0.25, -0.2) is 4.98 Å². The Morgan fingerprint density at radius 1 is 1.11 bits per heavy atom. The van der Waals surface area contributed by atoms with Gasteiger partial charge in [0.25, 0.3) is 0 Å². The molecule has 5 heteroatoms. The number of H-pyrrole nitrogens is 1. The number of aromatic amines is 1. The average molecular weight is 371 g/mol. The van der Waals surface area contributed by atoms with Crippen molar-refractivity contribution in [2.24, 2.45) is 0 Å². The van der Waals surface area contributed by atoms with Crippen LogP contribution in [0, 0.1) is 0 Å². The maximum absolute atomic E-state index is 11.6. The lowest BCUT2D eigenvalue weighted by Gasteiger charge is -2.13. The predicted octanol–water partition coefficient (Wildman–Crippen LogP) is 4.48. The molecule has 0 bridgehead atoms. The molecule has 0 aliphatic heterocycles. The maximum atomic E-state index is 11.6. The number of aliphatic hydroxyl groups excluding tert-OH is 1. The number of Topliss-reactive ketones (excluding diaryl/α,β-unsaturated/α-hetero) is 1. The molecule has 0 saturated carbocycles. The van der Waals surface area contributed by atoms with Crippen molar-refractivity contribution in [3.05, 3.63) is 72.3 Å². The van der Waals surface area contributed by atoms with Crippen LogP contribution < -0.4 is 0 Å². The van der Waals surface area contributed by atoms with E-state index in [4.69, 9.17) is 0 Å². The van der Waals surface area contributed by atoms with Gasteiger partial charge < -0.3 is 10.1 Å². The number of nitrogens with one attached hydrogen (secondary N) is 1. The number of fused-ring (bicyclic) bond motifs is 1. The molecule has 4 rings (SSSR count). The van der Waals surface area contributed by atoms with Crippen LogP contribution >= 0.6 is 0 Å². The quantitative estimate of drug-likeness (QED) is 0.542. The molecule has 0 saturated heterocycles. The summed E-state index contributed by atoms with van der Waals surface area (Å²) in [6.07, 6.45) is 6.73. The Balaban J connectivity index is 1.92. The summed E-state index contributed by atoms with van der Waals surface area (Å²) < 4.78 is 0. The molecule has 0 aliphatic rings. The van der Waals surface area contributed by atoms with Crippen LogP contribution in [-0.2, 0) is 11.2 Å². The average Bonchev–Trinajstić information content (AvgIpc) is 3.17. The van der Waals surface area contributed by atoms with Gasteiger partial charge in [-0.3, -0.25) is 9.78 Å². The van der Waals surface area contributed by atoms with Crippen molar-refractivity contribution in [3.63, 3.8) is 0 Å². The molecule has 28 heavy (non-hydrogen) atoms. The fourth-order valence-corrected chi connectivity index (χ4v) is 3.61. The van der Waals surface area contributed by atoms with Crippen molar-refractivity contribution in [3.8, 4) is 22.3 Å². The van der Waals surface area contributed by atoms with E-state index in [9.17, 15) is 9.90 Å². The van der Waals surface area contributed by atoms with E-state index in [1.807, 2.05) is 36.7 Å². The molecule has 1 unspecified atom stereocenters. The molecule has 0 radical (unpaired) electrons. The van der Waals surface area contributed by atoms with E-state index in [0.29, 0.717) is 5.56 Å². The van der Waals surface area contributed by atoms with Gasteiger partial charge in [0, 0.05) is 52.4 Å². The molecule has 3 heterocycles. The highest BCUT2D eigenvalue weighted by molar-refractivity contribution is 5.99. The van der Waals surface area contributed by atoms with E-state index in [2.05, 4.69) is 34.0 Å². The molecule has 3 aromatic heterocycles. The molecule has 140 valence electrons. The Bertz CT molecular complexity index is 1150. The fourth-order valence-electron chi connectivity index (χ4n) is 3.61. The summed E-state index contributed by atoms with van der Waals surface area (Å²) in [6, 6.07) is 12.0. The van der Waals surface area contributed by atoms with Crippen LogP contribution in [-0.4, -0.2) is 25.8 Å². The third kappa shape index (κ3) is 3.10. The highest BCUT2D eigenvalue weighted by Gasteiger charge is 2.18. The number of carbonyl (C=O) groups excluding carboxylic acids is 1. The van der Waals surface area contributed by atoms with Crippen LogP contribution in [0.25, 0.3) is 33.3 Å². The van der Waals surface area contributed by atoms with Crippen molar-refractivity contribution in [2.75, 3.05) is 0 Å². The highest BCUT2D eigenvalue weighted by atomic mass is 16.3. The molecule has 0 spiro atoms. The van der Waals surface area contributed by atoms with Crippen molar-refractivity contribution < 1.29 is 9.90 Å². The minimum atomic E-state index is -1.17. The van der Waals surface area contributed by atoms with Crippen molar-refractivity contribution in [1.29, 1.82) is 0 Å². The molecule has 2 N–H and O–H groups in total. The first-order valence-corrected chi connectivity index (χ1v) is 9.28. The maximum Gasteiger partial charge on any atom is 0.162 e. The lowest BCUT2D eigenvalue weighted by Crippen LogP contribution is -2.08. The summed E-state index contributed by atoms with van der Waals surface area (Å²) in [5.41, 5.74) is 6.51.